The van der Waals surface area contributed by atoms with Crippen LogP contribution in [0.15, 0.2) is 36.5 Å². The first-order valence-corrected chi connectivity index (χ1v) is 27.0. The maximum atomic E-state index is 12.7. The van der Waals surface area contributed by atoms with Crippen molar-refractivity contribution in [1.29, 1.82) is 0 Å². The van der Waals surface area contributed by atoms with Gasteiger partial charge in [-0.1, -0.05) is 231 Å². The monoisotopic (exact) mass is 871 g/mol. The molecule has 62 heavy (non-hydrogen) atoms. The molecule has 0 aromatic heterocycles. The summed E-state index contributed by atoms with van der Waals surface area (Å²) in [5.74, 6) is -0.885. The van der Waals surface area contributed by atoms with Gasteiger partial charge in [-0.15, -0.1) is 0 Å². The number of hydrogen-bond donors (Lipinski definition) is 0. The predicted octanol–water partition coefficient (Wildman–Crippen LogP) is 17.7. The molecule has 0 aromatic carbocycles. The van der Waals surface area contributed by atoms with Gasteiger partial charge in [0.2, 0.25) is 0 Å². The van der Waals surface area contributed by atoms with E-state index in [1.54, 1.807) is 0 Å². The number of hydrogen-bond acceptors (Lipinski definition) is 6. The van der Waals surface area contributed by atoms with E-state index in [9.17, 15) is 14.4 Å². The summed E-state index contributed by atoms with van der Waals surface area (Å²) in [5.41, 5.74) is 0. The summed E-state index contributed by atoms with van der Waals surface area (Å²) in [6, 6.07) is 0. The Labute approximate surface area is 385 Å². The van der Waals surface area contributed by atoms with Crippen molar-refractivity contribution in [3.05, 3.63) is 36.5 Å². The summed E-state index contributed by atoms with van der Waals surface area (Å²) in [6.07, 6.45) is 60.3. The maximum absolute atomic E-state index is 12.7. The summed E-state index contributed by atoms with van der Waals surface area (Å²) in [6.45, 7) is 6.54. The first kappa shape index (κ1) is 59.6. The van der Waals surface area contributed by atoms with Gasteiger partial charge in [0.05, 0.1) is 0 Å². The van der Waals surface area contributed by atoms with E-state index in [4.69, 9.17) is 14.2 Å². The van der Waals surface area contributed by atoms with E-state index in [1.165, 1.54) is 167 Å². The molecule has 1 atom stereocenters. The topological polar surface area (TPSA) is 78.9 Å². The quantitative estimate of drug-likeness (QED) is 0.0262. The van der Waals surface area contributed by atoms with Crippen molar-refractivity contribution in [2.45, 2.75) is 290 Å². The minimum absolute atomic E-state index is 0.0731. The molecular weight excluding hydrogens is 769 g/mol. The Bertz CT molecular complexity index is 1050. The normalized spacial score (nSPS) is 12.2. The van der Waals surface area contributed by atoms with Crippen LogP contribution >= 0.6 is 0 Å². The van der Waals surface area contributed by atoms with Crippen molar-refractivity contribution in [3.63, 3.8) is 0 Å². The molecule has 0 radical (unpaired) electrons. The lowest BCUT2D eigenvalue weighted by Gasteiger charge is -2.18. The fraction of sp³-hybridized carbons (Fsp3) is 0.839. The standard InChI is InChI=1S/C56H102O6/c1-4-7-10-13-16-18-20-21-22-23-24-25-26-27-28-29-30-31-32-33-34-35-37-38-40-43-46-49-55(58)61-52-53(51-60-54(57)48-45-42-15-12-9-6-3)62-56(59)50-47-44-41-39-36-19-17-14-11-8-5-2/h14,17,20-21,23-24,53H,4-13,15-16,18-19,22,25-52H2,1-3H3/b17-14-,21-20-,24-23-. The molecule has 0 aliphatic carbocycles. The summed E-state index contributed by atoms with van der Waals surface area (Å²) in [5, 5.41) is 0. The van der Waals surface area contributed by atoms with Gasteiger partial charge in [-0.05, 0) is 70.6 Å². The molecule has 6 heteroatoms. The molecule has 0 spiro atoms. The number of unbranched alkanes of at least 4 members (excludes halogenated alkanes) is 32. The van der Waals surface area contributed by atoms with Crippen molar-refractivity contribution in [2.24, 2.45) is 0 Å². The van der Waals surface area contributed by atoms with Crippen LogP contribution in [0.5, 0.6) is 0 Å². The Kier molecular flexibility index (Phi) is 49.3. The molecule has 1 unspecified atom stereocenters. The molecule has 0 aromatic rings. The zero-order chi connectivity index (χ0) is 45.1. The van der Waals surface area contributed by atoms with E-state index in [-0.39, 0.29) is 31.1 Å². The number of carbonyl (C=O) groups excluding carboxylic acids is 3. The van der Waals surface area contributed by atoms with Gasteiger partial charge in [0.1, 0.15) is 13.2 Å². The Morgan fingerprint density at radius 2 is 0.597 bits per heavy atom. The molecule has 0 saturated heterocycles. The van der Waals surface area contributed by atoms with Crippen molar-refractivity contribution in [2.75, 3.05) is 13.2 Å². The fourth-order valence-corrected chi connectivity index (χ4v) is 7.75. The number of esters is 3. The highest BCUT2D eigenvalue weighted by atomic mass is 16.6. The van der Waals surface area contributed by atoms with Crippen LogP contribution < -0.4 is 0 Å². The average Bonchev–Trinajstić information content (AvgIpc) is 3.27. The number of carbonyl (C=O) groups is 3. The van der Waals surface area contributed by atoms with E-state index in [1.807, 2.05) is 0 Å². The molecule has 0 saturated carbocycles. The zero-order valence-corrected chi connectivity index (χ0v) is 41.4. The van der Waals surface area contributed by atoms with Crippen molar-refractivity contribution < 1.29 is 28.6 Å². The van der Waals surface area contributed by atoms with Crippen molar-refractivity contribution >= 4 is 17.9 Å². The molecular formula is C56H102O6. The summed E-state index contributed by atoms with van der Waals surface area (Å²) < 4.78 is 16.7. The van der Waals surface area contributed by atoms with Gasteiger partial charge in [-0.3, -0.25) is 14.4 Å². The molecule has 0 aliphatic heterocycles. The second kappa shape index (κ2) is 51.3. The molecule has 0 aliphatic rings. The number of ether oxygens (including phenoxy) is 3. The summed E-state index contributed by atoms with van der Waals surface area (Å²) in [7, 11) is 0. The van der Waals surface area contributed by atoms with E-state index < -0.39 is 6.10 Å². The van der Waals surface area contributed by atoms with E-state index in [0.29, 0.717) is 19.3 Å². The lowest BCUT2D eigenvalue weighted by atomic mass is 10.0. The largest absolute Gasteiger partial charge is 0.462 e. The molecule has 0 rings (SSSR count). The molecule has 0 heterocycles. The third-order valence-electron chi connectivity index (χ3n) is 11.9. The predicted molar refractivity (Wildman–Crippen MR) is 266 cm³/mol. The smallest absolute Gasteiger partial charge is 0.306 e. The molecule has 0 N–H and O–H groups in total. The average molecular weight is 871 g/mol. The second-order valence-corrected chi connectivity index (χ2v) is 18.1. The first-order valence-electron chi connectivity index (χ1n) is 27.0. The molecule has 0 bridgehead atoms. The van der Waals surface area contributed by atoms with Crippen LogP contribution in [0.4, 0.5) is 0 Å². The molecule has 362 valence electrons. The first-order chi connectivity index (χ1) is 30.5. The van der Waals surface area contributed by atoms with Crippen LogP contribution in [0.1, 0.15) is 284 Å². The zero-order valence-electron chi connectivity index (χ0n) is 41.4. The van der Waals surface area contributed by atoms with Gasteiger partial charge in [0.15, 0.2) is 6.10 Å². The Morgan fingerprint density at radius 1 is 0.323 bits per heavy atom. The van der Waals surface area contributed by atoms with E-state index >= 15 is 0 Å². The van der Waals surface area contributed by atoms with Crippen molar-refractivity contribution in [1.82, 2.24) is 0 Å². The van der Waals surface area contributed by atoms with Gasteiger partial charge in [0, 0.05) is 19.3 Å². The minimum Gasteiger partial charge on any atom is -0.462 e. The Balaban J connectivity index is 4.00. The van der Waals surface area contributed by atoms with Crippen LogP contribution in [0.2, 0.25) is 0 Å². The van der Waals surface area contributed by atoms with Gasteiger partial charge >= 0.3 is 17.9 Å². The van der Waals surface area contributed by atoms with Crippen LogP contribution in [0.3, 0.4) is 0 Å². The lowest BCUT2D eigenvalue weighted by molar-refractivity contribution is -0.167. The number of allylic oxidation sites excluding steroid dienone is 6. The summed E-state index contributed by atoms with van der Waals surface area (Å²) >= 11 is 0. The maximum Gasteiger partial charge on any atom is 0.306 e. The lowest BCUT2D eigenvalue weighted by Crippen LogP contribution is -2.30. The molecule has 6 nitrogen and oxygen atoms in total. The SMILES string of the molecule is CCCC/C=C\CCCCCCCC(=O)OC(COC(=O)CCCCCCCC)COC(=O)CCCCCCCCCCCCCCCCC/C=C\C/C=C\CCCCCCC. The molecule has 0 fully saturated rings. The van der Waals surface area contributed by atoms with Crippen LogP contribution in [0, 0.1) is 0 Å². The second-order valence-electron chi connectivity index (χ2n) is 18.1. The van der Waals surface area contributed by atoms with Crippen LogP contribution in [0.25, 0.3) is 0 Å². The third-order valence-corrected chi connectivity index (χ3v) is 11.9. The van der Waals surface area contributed by atoms with E-state index in [0.717, 1.165) is 77.0 Å². The van der Waals surface area contributed by atoms with Crippen LogP contribution in [-0.4, -0.2) is 37.2 Å². The van der Waals surface area contributed by atoms with Crippen LogP contribution in [-0.2, 0) is 28.6 Å². The highest BCUT2D eigenvalue weighted by molar-refractivity contribution is 5.71. The number of rotatable bonds is 49. The Morgan fingerprint density at radius 3 is 0.952 bits per heavy atom. The highest BCUT2D eigenvalue weighted by Gasteiger charge is 2.19. The van der Waals surface area contributed by atoms with Gasteiger partial charge in [-0.2, -0.15) is 0 Å². The van der Waals surface area contributed by atoms with E-state index in [2.05, 4.69) is 57.2 Å². The minimum atomic E-state index is -0.769. The highest BCUT2D eigenvalue weighted by Crippen LogP contribution is 2.16. The third kappa shape index (κ3) is 48.7. The summed E-state index contributed by atoms with van der Waals surface area (Å²) in [4.78, 5) is 37.7. The molecule has 0 amide bonds. The van der Waals surface area contributed by atoms with Crippen molar-refractivity contribution in [3.8, 4) is 0 Å². The van der Waals surface area contributed by atoms with Gasteiger partial charge in [0.25, 0.3) is 0 Å². The Hall–Kier alpha value is -2.37. The fourth-order valence-electron chi connectivity index (χ4n) is 7.75. The van der Waals surface area contributed by atoms with Gasteiger partial charge in [-0.25, -0.2) is 0 Å². The van der Waals surface area contributed by atoms with Gasteiger partial charge < -0.3 is 14.2 Å².